The summed E-state index contributed by atoms with van der Waals surface area (Å²) in [4.78, 5) is 5.07. The molecule has 0 bridgehead atoms. The molecular formula is C53H46N2. The first-order valence-electron chi connectivity index (χ1n) is 19.4. The van der Waals surface area contributed by atoms with Gasteiger partial charge in [0, 0.05) is 11.3 Å². The topological polar surface area (TPSA) is 17.8 Å². The van der Waals surface area contributed by atoms with Crippen molar-refractivity contribution in [2.45, 2.75) is 52.4 Å². The number of fused-ring (bicyclic) bond motifs is 3. The Kier molecular flexibility index (Phi) is 8.31. The second kappa shape index (κ2) is 13.2. The number of hydrogen-bond acceptors (Lipinski definition) is 1. The van der Waals surface area contributed by atoms with Crippen molar-refractivity contribution in [1.82, 2.24) is 9.55 Å². The van der Waals surface area contributed by atoms with Crippen LogP contribution in [-0.4, -0.2) is 9.55 Å². The first kappa shape index (κ1) is 34.5. The van der Waals surface area contributed by atoms with E-state index in [1.807, 2.05) is 0 Å². The first-order valence-corrected chi connectivity index (χ1v) is 19.4. The summed E-state index contributed by atoms with van der Waals surface area (Å²) in [6, 6.07) is 62.3. The van der Waals surface area contributed by atoms with Crippen molar-refractivity contribution in [3.63, 3.8) is 0 Å². The van der Waals surface area contributed by atoms with Crippen LogP contribution in [0.3, 0.4) is 0 Å². The molecule has 8 aromatic carbocycles. The number of aromatic nitrogens is 2. The van der Waals surface area contributed by atoms with Crippen LogP contribution in [-0.2, 0) is 10.8 Å². The first-order chi connectivity index (χ1) is 26.5. The summed E-state index contributed by atoms with van der Waals surface area (Å²) in [6.07, 6.45) is 0. The van der Waals surface area contributed by atoms with Gasteiger partial charge in [-0.25, -0.2) is 4.98 Å². The van der Waals surface area contributed by atoms with Gasteiger partial charge in [-0.15, -0.1) is 0 Å². The lowest BCUT2D eigenvalue weighted by atomic mass is 9.82. The maximum Gasteiger partial charge on any atom is 0.145 e. The molecule has 268 valence electrons. The Morgan fingerprint density at radius 2 is 0.855 bits per heavy atom. The van der Waals surface area contributed by atoms with E-state index in [9.17, 15) is 0 Å². The maximum atomic E-state index is 5.07. The minimum atomic E-state index is 0.0793. The van der Waals surface area contributed by atoms with Crippen molar-refractivity contribution in [3.8, 4) is 50.5 Å². The van der Waals surface area contributed by atoms with E-state index < -0.39 is 0 Å². The zero-order valence-corrected chi connectivity index (χ0v) is 32.6. The van der Waals surface area contributed by atoms with Crippen LogP contribution in [0.1, 0.15) is 52.7 Å². The van der Waals surface area contributed by atoms with Crippen molar-refractivity contribution in [1.29, 1.82) is 0 Å². The molecule has 0 spiro atoms. The number of hydrogen-bond donors (Lipinski definition) is 0. The predicted molar refractivity (Wildman–Crippen MR) is 235 cm³/mol. The molecule has 0 saturated carbocycles. The van der Waals surface area contributed by atoms with E-state index in [4.69, 9.17) is 4.98 Å². The molecule has 0 atom stereocenters. The molecule has 1 aromatic heterocycles. The molecule has 55 heavy (non-hydrogen) atoms. The van der Waals surface area contributed by atoms with Gasteiger partial charge in [-0.1, -0.05) is 181 Å². The molecule has 2 heteroatoms. The second-order valence-electron chi connectivity index (χ2n) is 16.9. The number of para-hydroxylation sites is 2. The maximum absolute atomic E-state index is 5.07. The van der Waals surface area contributed by atoms with Crippen LogP contribution < -0.4 is 0 Å². The monoisotopic (exact) mass is 710 g/mol. The largest absolute Gasteiger partial charge is 0.292 e. The molecule has 0 unspecified atom stereocenters. The summed E-state index contributed by atoms with van der Waals surface area (Å²) in [7, 11) is 0. The molecule has 9 rings (SSSR count). The standard InChI is InChI=1S/C53H46N2/c1-52(2,3)40-27-20-36(21-28-40)49-43-16-10-11-17-44(43)50(37-22-29-41(30-23-37)53(4,5)6)46-34-39(26-33-45(46)49)35-24-31-42(32-25-35)55-48-19-13-12-18-47(48)54-51(55)38-14-8-7-9-15-38/h7-34H,1-6H3. The Bertz CT molecular complexity index is 2830. The van der Waals surface area contributed by atoms with Crippen molar-refractivity contribution in [2.24, 2.45) is 0 Å². The van der Waals surface area contributed by atoms with E-state index in [-0.39, 0.29) is 10.8 Å². The zero-order chi connectivity index (χ0) is 37.9. The average molecular weight is 711 g/mol. The highest BCUT2D eigenvalue weighted by Gasteiger charge is 2.21. The number of benzene rings is 8. The SMILES string of the molecule is CC(C)(C)c1ccc(-c2c3ccccc3c(-c3ccc(C(C)(C)C)cc3)c3cc(-c4ccc(-n5c(-c6ccccc6)nc6ccccc65)cc4)ccc23)cc1. The van der Waals surface area contributed by atoms with Crippen molar-refractivity contribution >= 4 is 32.6 Å². The molecule has 0 saturated heterocycles. The third-order valence-corrected chi connectivity index (χ3v) is 11.2. The fraction of sp³-hybridized carbons (Fsp3) is 0.151. The molecule has 1 heterocycles. The average Bonchev–Trinajstić information content (AvgIpc) is 3.59. The van der Waals surface area contributed by atoms with Crippen molar-refractivity contribution in [2.75, 3.05) is 0 Å². The third kappa shape index (κ3) is 6.22. The second-order valence-corrected chi connectivity index (χ2v) is 16.9. The lowest BCUT2D eigenvalue weighted by molar-refractivity contribution is 0.590. The van der Waals surface area contributed by atoms with E-state index in [1.54, 1.807) is 0 Å². The Hall–Kier alpha value is -6.25. The molecule has 0 N–H and O–H groups in total. The lowest BCUT2D eigenvalue weighted by Gasteiger charge is -2.22. The summed E-state index contributed by atoms with van der Waals surface area (Å²) in [6.45, 7) is 13.7. The van der Waals surface area contributed by atoms with Gasteiger partial charge >= 0.3 is 0 Å². The highest BCUT2D eigenvalue weighted by molar-refractivity contribution is 6.22. The summed E-state index contributed by atoms with van der Waals surface area (Å²) in [5.41, 5.74) is 14.5. The molecule has 0 aliphatic heterocycles. The Labute approximate surface area is 324 Å². The highest BCUT2D eigenvalue weighted by atomic mass is 15.1. The normalized spacial score (nSPS) is 12.2. The summed E-state index contributed by atoms with van der Waals surface area (Å²) < 4.78 is 2.28. The summed E-state index contributed by atoms with van der Waals surface area (Å²) in [5, 5.41) is 5.05. The van der Waals surface area contributed by atoms with Crippen LogP contribution in [0, 0.1) is 0 Å². The minimum Gasteiger partial charge on any atom is -0.292 e. The van der Waals surface area contributed by atoms with Gasteiger partial charge in [-0.3, -0.25) is 4.57 Å². The van der Waals surface area contributed by atoms with Gasteiger partial charge in [0.25, 0.3) is 0 Å². The zero-order valence-electron chi connectivity index (χ0n) is 32.6. The van der Waals surface area contributed by atoms with Gasteiger partial charge < -0.3 is 0 Å². The van der Waals surface area contributed by atoms with Gasteiger partial charge in [-0.2, -0.15) is 0 Å². The molecule has 0 amide bonds. The molecule has 9 aromatic rings. The van der Waals surface area contributed by atoms with E-state index >= 15 is 0 Å². The molecule has 0 radical (unpaired) electrons. The highest BCUT2D eigenvalue weighted by Crippen LogP contribution is 2.45. The molecule has 2 nitrogen and oxygen atoms in total. The summed E-state index contributed by atoms with van der Waals surface area (Å²) in [5.74, 6) is 0.942. The Morgan fingerprint density at radius 1 is 0.382 bits per heavy atom. The molecule has 0 aliphatic carbocycles. The van der Waals surface area contributed by atoms with Crippen molar-refractivity contribution < 1.29 is 0 Å². The summed E-state index contributed by atoms with van der Waals surface area (Å²) >= 11 is 0. The van der Waals surface area contributed by atoms with Gasteiger partial charge in [0.2, 0.25) is 0 Å². The van der Waals surface area contributed by atoms with Crippen LogP contribution in [0.5, 0.6) is 0 Å². The third-order valence-electron chi connectivity index (χ3n) is 11.2. The number of rotatable bonds is 5. The molecule has 0 fully saturated rings. The lowest BCUT2D eigenvalue weighted by Crippen LogP contribution is -2.10. The van der Waals surface area contributed by atoms with E-state index in [1.165, 1.54) is 66.1 Å². The molecular weight excluding hydrogens is 665 g/mol. The number of imidazole rings is 1. The van der Waals surface area contributed by atoms with Gasteiger partial charge in [0.1, 0.15) is 5.82 Å². The van der Waals surface area contributed by atoms with Crippen molar-refractivity contribution in [3.05, 3.63) is 181 Å². The van der Waals surface area contributed by atoms with Gasteiger partial charge in [0.15, 0.2) is 0 Å². The quantitative estimate of drug-likeness (QED) is 0.163. The minimum absolute atomic E-state index is 0.0793. The van der Waals surface area contributed by atoms with Crippen LogP contribution in [0.15, 0.2) is 170 Å². The Morgan fingerprint density at radius 3 is 1.44 bits per heavy atom. The van der Waals surface area contributed by atoms with Crippen LogP contribution >= 0.6 is 0 Å². The van der Waals surface area contributed by atoms with E-state index in [0.717, 1.165) is 28.1 Å². The van der Waals surface area contributed by atoms with Crippen LogP contribution in [0.2, 0.25) is 0 Å². The van der Waals surface area contributed by atoms with Gasteiger partial charge in [0.05, 0.1) is 11.0 Å². The number of nitrogens with zero attached hydrogens (tertiary/aromatic N) is 2. The Balaban J connectivity index is 1.24. The van der Waals surface area contributed by atoms with E-state index in [2.05, 4.69) is 216 Å². The van der Waals surface area contributed by atoms with Gasteiger partial charge in [-0.05, 0) is 107 Å². The smallest absolute Gasteiger partial charge is 0.145 e. The molecule has 0 aliphatic rings. The van der Waals surface area contributed by atoms with Crippen LogP contribution in [0.25, 0.3) is 83.0 Å². The fourth-order valence-electron chi connectivity index (χ4n) is 8.12. The predicted octanol–water partition coefficient (Wildman–Crippen LogP) is 14.6. The fourth-order valence-corrected chi connectivity index (χ4v) is 8.12. The van der Waals surface area contributed by atoms with Crippen LogP contribution in [0.4, 0.5) is 0 Å². The van der Waals surface area contributed by atoms with E-state index in [0.29, 0.717) is 0 Å².